The largest absolute Gasteiger partial charge is 0.347 e. The van der Waals surface area contributed by atoms with Crippen molar-refractivity contribution in [3.8, 4) is 0 Å². The highest BCUT2D eigenvalue weighted by atomic mass is 19.2. The highest BCUT2D eigenvalue weighted by Crippen LogP contribution is 2.17. The van der Waals surface area contributed by atoms with Crippen molar-refractivity contribution in [3.05, 3.63) is 83.8 Å². The minimum absolute atomic E-state index is 0.163. The van der Waals surface area contributed by atoms with Crippen molar-refractivity contribution in [2.75, 3.05) is 5.32 Å². The number of carbonyl (C=O) groups excluding carboxylic acids is 1. The SMILES string of the molecule is O=C(NCc1ccccc1)c1cc(Nc2ccc(F)c(F)c2)ncn1. The summed E-state index contributed by atoms with van der Waals surface area (Å²) in [5.74, 6) is -1.97. The number of carbonyl (C=O) groups is 1. The van der Waals surface area contributed by atoms with Crippen LogP contribution in [0.15, 0.2) is 60.9 Å². The number of anilines is 2. The van der Waals surface area contributed by atoms with Gasteiger partial charge in [0.1, 0.15) is 17.8 Å². The average molecular weight is 340 g/mol. The Morgan fingerprint density at radius 1 is 0.960 bits per heavy atom. The lowest BCUT2D eigenvalue weighted by Gasteiger charge is -2.08. The quantitative estimate of drug-likeness (QED) is 0.747. The van der Waals surface area contributed by atoms with E-state index < -0.39 is 11.6 Å². The predicted molar refractivity (Wildman–Crippen MR) is 89.3 cm³/mol. The molecule has 0 spiro atoms. The van der Waals surface area contributed by atoms with Crippen molar-refractivity contribution in [2.24, 2.45) is 0 Å². The molecule has 0 bridgehead atoms. The maximum absolute atomic E-state index is 13.2. The van der Waals surface area contributed by atoms with Crippen LogP contribution >= 0.6 is 0 Å². The van der Waals surface area contributed by atoms with Crippen LogP contribution in [0.25, 0.3) is 0 Å². The van der Waals surface area contributed by atoms with Gasteiger partial charge in [0, 0.05) is 24.4 Å². The molecule has 1 amide bonds. The van der Waals surface area contributed by atoms with Gasteiger partial charge in [0.15, 0.2) is 11.6 Å². The second-order valence-corrected chi connectivity index (χ2v) is 5.21. The van der Waals surface area contributed by atoms with Gasteiger partial charge in [0.25, 0.3) is 5.91 Å². The Labute approximate surface area is 142 Å². The summed E-state index contributed by atoms with van der Waals surface area (Å²) in [7, 11) is 0. The molecule has 0 aliphatic carbocycles. The third-order valence-electron chi connectivity index (χ3n) is 3.39. The Morgan fingerprint density at radius 2 is 1.76 bits per heavy atom. The Kier molecular flexibility index (Phi) is 4.94. The van der Waals surface area contributed by atoms with Crippen molar-refractivity contribution in [1.29, 1.82) is 0 Å². The van der Waals surface area contributed by atoms with Gasteiger partial charge in [-0.05, 0) is 17.7 Å². The van der Waals surface area contributed by atoms with Gasteiger partial charge in [0.05, 0.1) is 0 Å². The maximum Gasteiger partial charge on any atom is 0.270 e. The van der Waals surface area contributed by atoms with E-state index in [0.29, 0.717) is 18.1 Å². The molecular weight excluding hydrogens is 326 g/mol. The molecule has 0 atom stereocenters. The minimum Gasteiger partial charge on any atom is -0.347 e. The predicted octanol–water partition coefficient (Wildman–Crippen LogP) is 3.43. The van der Waals surface area contributed by atoms with Crippen LogP contribution in [0.1, 0.15) is 16.1 Å². The second kappa shape index (κ2) is 7.48. The highest BCUT2D eigenvalue weighted by Gasteiger charge is 2.09. The Morgan fingerprint density at radius 3 is 2.52 bits per heavy atom. The molecule has 0 unspecified atom stereocenters. The van der Waals surface area contributed by atoms with Gasteiger partial charge in [-0.15, -0.1) is 0 Å². The molecule has 2 aromatic carbocycles. The summed E-state index contributed by atoms with van der Waals surface area (Å²) in [5, 5.41) is 5.56. The van der Waals surface area contributed by atoms with Crippen LogP contribution < -0.4 is 10.6 Å². The first-order valence-corrected chi connectivity index (χ1v) is 7.48. The molecule has 0 fully saturated rings. The number of nitrogens with zero attached hydrogens (tertiary/aromatic N) is 2. The summed E-state index contributed by atoms with van der Waals surface area (Å²) in [6, 6.07) is 14.3. The smallest absolute Gasteiger partial charge is 0.270 e. The van der Waals surface area contributed by atoms with Gasteiger partial charge in [-0.3, -0.25) is 4.79 Å². The molecule has 126 valence electrons. The van der Waals surface area contributed by atoms with Crippen LogP contribution in [0.4, 0.5) is 20.3 Å². The molecule has 5 nitrogen and oxygen atoms in total. The van der Waals surface area contributed by atoms with E-state index in [1.165, 1.54) is 18.5 Å². The molecular formula is C18H14F2N4O. The maximum atomic E-state index is 13.2. The highest BCUT2D eigenvalue weighted by molar-refractivity contribution is 5.92. The van der Waals surface area contributed by atoms with Gasteiger partial charge in [-0.1, -0.05) is 30.3 Å². The van der Waals surface area contributed by atoms with Gasteiger partial charge < -0.3 is 10.6 Å². The number of hydrogen-bond acceptors (Lipinski definition) is 4. The van der Waals surface area contributed by atoms with E-state index in [2.05, 4.69) is 20.6 Å². The van der Waals surface area contributed by atoms with Crippen molar-refractivity contribution in [3.63, 3.8) is 0 Å². The van der Waals surface area contributed by atoms with Crippen molar-refractivity contribution in [1.82, 2.24) is 15.3 Å². The summed E-state index contributed by atoms with van der Waals surface area (Å²) >= 11 is 0. The summed E-state index contributed by atoms with van der Waals surface area (Å²) in [4.78, 5) is 20.1. The third-order valence-corrected chi connectivity index (χ3v) is 3.39. The normalized spacial score (nSPS) is 10.3. The van der Waals surface area contributed by atoms with Gasteiger partial charge in [0.2, 0.25) is 0 Å². The first kappa shape index (κ1) is 16.5. The Hall–Kier alpha value is -3.35. The number of rotatable bonds is 5. The Balaban J connectivity index is 1.68. The number of halogens is 2. The average Bonchev–Trinajstić information content (AvgIpc) is 2.64. The number of benzene rings is 2. The van der Waals surface area contributed by atoms with E-state index in [1.54, 1.807) is 0 Å². The number of aromatic nitrogens is 2. The van der Waals surface area contributed by atoms with E-state index in [4.69, 9.17) is 0 Å². The van der Waals surface area contributed by atoms with E-state index in [9.17, 15) is 13.6 Å². The van der Waals surface area contributed by atoms with Crippen LogP contribution in [0.3, 0.4) is 0 Å². The fourth-order valence-electron chi connectivity index (χ4n) is 2.14. The van der Waals surface area contributed by atoms with Gasteiger partial charge >= 0.3 is 0 Å². The zero-order valence-electron chi connectivity index (χ0n) is 13.0. The summed E-state index contributed by atoms with van der Waals surface area (Å²) in [6.07, 6.45) is 1.22. The summed E-state index contributed by atoms with van der Waals surface area (Å²) in [6.45, 7) is 0.371. The van der Waals surface area contributed by atoms with Crippen LogP contribution in [0.5, 0.6) is 0 Å². The molecule has 0 saturated carbocycles. The van der Waals surface area contributed by atoms with Crippen LogP contribution in [-0.4, -0.2) is 15.9 Å². The van der Waals surface area contributed by atoms with E-state index in [-0.39, 0.29) is 11.6 Å². The van der Waals surface area contributed by atoms with Crippen LogP contribution in [0, 0.1) is 11.6 Å². The second-order valence-electron chi connectivity index (χ2n) is 5.21. The lowest BCUT2D eigenvalue weighted by Crippen LogP contribution is -2.24. The molecule has 3 rings (SSSR count). The number of hydrogen-bond donors (Lipinski definition) is 2. The fourth-order valence-corrected chi connectivity index (χ4v) is 2.14. The van der Waals surface area contributed by atoms with E-state index in [1.807, 2.05) is 30.3 Å². The van der Waals surface area contributed by atoms with Crippen molar-refractivity contribution >= 4 is 17.4 Å². The molecule has 0 aliphatic rings. The van der Waals surface area contributed by atoms with Crippen LogP contribution in [-0.2, 0) is 6.54 Å². The van der Waals surface area contributed by atoms with Gasteiger partial charge in [-0.25, -0.2) is 18.7 Å². The molecule has 3 aromatic rings. The molecule has 0 radical (unpaired) electrons. The molecule has 1 heterocycles. The summed E-state index contributed by atoms with van der Waals surface area (Å²) in [5.41, 5.74) is 1.44. The fraction of sp³-hybridized carbons (Fsp3) is 0.0556. The number of nitrogens with one attached hydrogen (secondary N) is 2. The van der Waals surface area contributed by atoms with E-state index in [0.717, 1.165) is 17.7 Å². The standard InChI is InChI=1S/C18H14F2N4O/c19-14-7-6-13(8-15(14)20)24-17-9-16(22-11-23-17)18(25)21-10-12-4-2-1-3-5-12/h1-9,11H,10H2,(H,21,25)(H,22,23,24). The molecule has 0 saturated heterocycles. The van der Waals surface area contributed by atoms with Crippen molar-refractivity contribution in [2.45, 2.75) is 6.54 Å². The lowest BCUT2D eigenvalue weighted by atomic mass is 10.2. The third kappa shape index (κ3) is 4.35. The van der Waals surface area contributed by atoms with Crippen LogP contribution in [0.2, 0.25) is 0 Å². The number of amides is 1. The molecule has 25 heavy (non-hydrogen) atoms. The van der Waals surface area contributed by atoms with Gasteiger partial charge in [-0.2, -0.15) is 0 Å². The molecule has 2 N–H and O–H groups in total. The van der Waals surface area contributed by atoms with Crippen molar-refractivity contribution < 1.29 is 13.6 Å². The zero-order chi connectivity index (χ0) is 17.6. The minimum atomic E-state index is -0.972. The first-order valence-electron chi connectivity index (χ1n) is 7.48. The molecule has 1 aromatic heterocycles. The van der Waals surface area contributed by atoms with E-state index >= 15 is 0 Å². The first-order chi connectivity index (χ1) is 12.1. The zero-order valence-corrected chi connectivity index (χ0v) is 13.0. The monoisotopic (exact) mass is 340 g/mol. The lowest BCUT2D eigenvalue weighted by molar-refractivity contribution is 0.0946. The Bertz CT molecular complexity index is 887. The molecule has 7 heteroatoms. The summed E-state index contributed by atoms with van der Waals surface area (Å²) < 4.78 is 26.2. The topological polar surface area (TPSA) is 66.9 Å². The molecule has 0 aliphatic heterocycles.